The minimum atomic E-state index is -0.421. The number of anilines is 1. The Morgan fingerprint density at radius 3 is 2.37 bits per heavy atom. The molecule has 1 aliphatic heterocycles. The second-order valence-corrected chi connectivity index (χ2v) is 6.93. The van der Waals surface area contributed by atoms with Crippen LogP contribution in [0.4, 0.5) is 10.5 Å². The number of hydrogen-bond acceptors (Lipinski definition) is 3. The van der Waals surface area contributed by atoms with Crippen molar-refractivity contribution in [2.45, 2.75) is 31.8 Å². The van der Waals surface area contributed by atoms with Crippen molar-refractivity contribution in [1.29, 1.82) is 0 Å². The van der Waals surface area contributed by atoms with Crippen molar-refractivity contribution < 1.29 is 9.59 Å². The van der Waals surface area contributed by atoms with Crippen LogP contribution < -0.4 is 16.4 Å². The number of carbonyl (C=O) groups excluding carboxylic acids is 2. The largest absolute Gasteiger partial charge is 0.369 e. The molecule has 0 saturated carbocycles. The van der Waals surface area contributed by atoms with Gasteiger partial charge in [0.05, 0.1) is 6.42 Å². The summed E-state index contributed by atoms with van der Waals surface area (Å²) in [6.07, 6.45) is 1.95. The summed E-state index contributed by atoms with van der Waals surface area (Å²) < 4.78 is 0. The zero-order valence-corrected chi connectivity index (χ0v) is 15.4. The molecule has 1 aliphatic rings. The Kier molecular flexibility index (Phi) is 6.44. The first-order chi connectivity index (χ1) is 13.1. The summed E-state index contributed by atoms with van der Waals surface area (Å²) in [5.41, 5.74) is 7.92. The molecule has 0 aliphatic carbocycles. The molecule has 0 aromatic heterocycles. The van der Waals surface area contributed by atoms with Crippen LogP contribution in [0.5, 0.6) is 0 Å². The fourth-order valence-electron chi connectivity index (χ4n) is 3.40. The van der Waals surface area contributed by atoms with E-state index in [0.717, 1.165) is 38.0 Å². The van der Waals surface area contributed by atoms with E-state index >= 15 is 0 Å². The van der Waals surface area contributed by atoms with E-state index < -0.39 is 5.91 Å². The number of para-hydroxylation sites is 1. The van der Waals surface area contributed by atoms with Crippen LogP contribution >= 0.6 is 0 Å². The molecule has 1 fully saturated rings. The zero-order chi connectivity index (χ0) is 19.1. The molecular formula is C21H26N4O2. The molecule has 6 nitrogen and oxygen atoms in total. The first-order valence-corrected chi connectivity index (χ1v) is 9.30. The Bertz CT molecular complexity index is 771. The van der Waals surface area contributed by atoms with Gasteiger partial charge in [-0.1, -0.05) is 48.5 Å². The lowest BCUT2D eigenvalue weighted by Crippen LogP contribution is -2.45. The highest BCUT2D eigenvalue weighted by Crippen LogP contribution is 2.17. The van der Waals surface area contributed by atoms with Gasteiger partial charge in [-0.15, -0.1) is 0 Å². The number of primary amides is 1. The van der Waals surface area contributed by atoms with Gasteiger partial charge in [0.15, 0.2) is 0 Å². The van der Waals surface area contributed by atoms with Gasteiger partial charge in [0.2, 0.25) is 5.91 Å². The van der Waals surface area contributed by atoms with Crippen molar-refractivity contribution in [3.63, 3.8) is 0 Å². The smallest absolute Gasteiger partial charge is 0.319 e. The molecular weight excluding hydrogens is 340 g/mol. The highest BCUT2D eigenvalue weighted by molar-refractivity contribution is 5.91. The van der Waals surface area contributed by atoms with Gasteiger partial charge in [-0.05, 0) is 30.0 Å². The topological polar surface area (TPSA) is 87.5 Å². The van der Waals surface area contributed by atoms with Gasteiger partial charge in [-0.2, -0.15) is 0 Å². The van der Waals surface area contributed by atoms with Crippen molar-refractivity contribution in [2.24, 2.45) is 5.73 Å². The molecule has 4 N–H and O–H groups in total. The summed E-state index contributed by atoms with van der Waals surface area (Å²) in [5.74, 6) is -0.421. The monoisotopic (exact) mass is 366 g/mol. The maximum atomic E-state index is 12.3. The van der Waals surface area contributed by atoms with Crippen LogP contribution in [-0.4, -0.2) is 36.0 Å². The van der Waals surface area contributed by atoms with E-state index in [1.165, 1.54) is 5.56 Å². The molecule has 1 heterocycles. The Balaban J connectivity index is 1.47. The normalized spacial score (nSPS) is 15.3. The molecule has 6 heteroatoms. The van der Waals surface area contributed by atoms with Crippen LogP contribution in [0.2, 0.25) is 0 Å². The van der Waals surface area contributed by atoms with Crippen molar-refractivity contribution in [3.8, 4) is 0 Å². The Morgan fingerprint density at radius 2 is 1.67 bits per heavy atom. The van der Waals surface area contributed by atoms with Gasteiger partial charge in [0.1, 0.15) is 0 Å². The molecule has 27 heavy (non-hydrogen) atoms. The standard InChI is InChI=1S/C21H26N4O2/c22-20(26)14-17-8-4-5-9-19(17)24-21(27)23-18-10-12-25(13-11-18)15-16-6-2-1-3-7-16/h1-9,18H,10-15H2,(H2,22,26)(H2,23,24,27). The number of nitrogens with two attached hydrogens (primary N) is 1. The number of carbonyl (C=O) groups is 2. The van der Waals surface area contributed by atoms with E-state index in [0.29, 0.717) is 5.69 Å². The molecule has 3 rings (SSSR count). The van der Waals surface area contributed by atoms with Gasteiger partial charge in [0, 0.05) is 31.4 Å². The number of nitrogens with one attached hydrogen (secondary N) is 2. The van der Waals surface area contributed by atoms with Crippen LogP contribution in [0.1, 0.15) is 24.0 Å². The predicted molar refractivity (Wildman–Crippen MR) is 106 cm³/mol. The molecule has 0 atom stereocenters. The zero-order valence-electron chi connectivity index (χ0n) is 15.4. The SMILES string of the molecule is NC(=O)Cc1ccccc1NC(=O)NC1CCN(Cc2ccccc2)CC1. The number of benzene rings is 2. The third-order valence-electron chi connectivity index (χ3n) is 4.80. The first-order valence-electron chi connectivity index (χ1n) is 9.30. The average molecular weight is 366 g/mol. The Morgan fingerprint density at radius 1 is 1.00 bits per heavy atom. The Hall–Kier alpha value is -2.86. The van der Waals surface area contributed by atoms with Crippen LogP contribution in [0.25, 0.3) is 0 Å². The molecule has 0 unspecified atom stereocenters. The average Bonchev–Trinajstić information content (AvgIpc) is 2.65. The Labute approximate surface area is 159 Å². The highest BCUT2D eigenvalue weighted by atomic mass is 16.2. The lowest BCUT2D eigenvalue weighted by molar-refractivity contribution is -0.117. The highest BCUT2D eigenvalue weighted by Gasteiger charge is 2.21. The molecule has 0 radical (unpaired) electrons. The lowest BCUT2D eigenvalue weighted by Gasteiger charge is -2.32. The summed E-state index contributed by atoms with van der Waals surface area (Å²) in [6.45, 7) is 2.86. The van der Waals surface area contributed by atoms with Crippen LogP contribution in [0.3, 0.4) is 0 Å². The van der Waals surface area contributed by atoms with Crippen molar-refractivity contribution in [2.75, 3.05) is 18.4 Å². The summed E-state index contributed by atoms with van der Waals surface area (Å²) in [4.78, 5) is 25.9. The fourth-order valence-corrected chi connectivity index (χ4v) is 3.40. The van der Waals surface area contributed by atoms with Gasteiger partial charge in [0.25, 0.3) is 0 Å². The first kappa shape index (κ1) is 18.9. The number of urea groups is 1. The second kappa shape index (κ2) is 9.19. The van der Waals surface area contributed by atoms with Gasteiger partial charge < -0.3 is 16.4 Å². The van der Waals surface area contributed by atoms with Crippen LogP contribution in [0, 0.1) is 0 Å². The van der Waals surface area contributed by atoms with Gasteiger partial charge >= 0.3 is 6.03 Å². The molecule has 0 spiro atoms. The van der Waals surface area contributed by atoms with Crippen molar-refractivity contribution >= 4 is 17.6 Å². The summed E-state index contributed by atoms with van der Waals surface area (Å²) >= 11 is 0. The summed E-state index contributed by atoms with van der Waals surface area (Å²) in [7, 11) is 0. The molecule has 2 aromatic carbocycles. The molecule has 0 bridgehead atoms. The van der Waals surface area contributed by atoms with E-state index in [1.54, 1.807) is 12.1 Å². The second-order valence-electron chi connectivity index (χ2n) is 6.93. The van der Waals surface area contributed by atoms with Crippen molar-refractivity contribution in [1.82, 2.24) is 10.2 Å². The quantitative estimate of drug-likeness (QED) is 0.734. The predicted octanol–water partition coefficient (Wildman–Crippen LogP) is 2.50. The minimum Gasteiger partial charge on any atom is -0.369 e. The van der Waals surface area contributed by atoms with Gasteiger partial charge in [-0.3, -0.25) is 9.69 Å². The number of piperidine rings is 1. The van der Waals surface area contributed by atoms with E-state index in [9.17, 15) is 9.59 Å². The number of nitrogens with zero attached hydrogens (tertiary/aromatic N) is 1. The third kappa shape index (κ3) is 5.82. The number of hydrogen-bond donors (Lipinski definition) is 3. The number of rotatable bonds is 6. The summed E-state index contributed by atoms with van der Waals surface area (Å²) in [5, 5.41) is 5.88. The number of amides is 3. The molecule has 2 aromatic rings. The molecule has 142 valence electrons. The maximum absolute atomic E-state index is 12.3. The van der Waals surface area contributed by atoms with Gasteiger partial charge in [-0.25, -0.2) is 4.79 Å². The van der Waals surface area contributed by atoms with E-state index in [2.05, 4.69) is 39.8 Å². The van der Waals surface area contributed by atoms with Crippen LogP contribution in [0.15, 0.2) is 54.6 Å². The fraction of sp³-hybridized carbons (Fsp3) is 0.333. The molecule has 3 amide bonds. The van der Waals surface area contributed by atoms with E-state index in [-0.39, 0.29) is 18.5 Å². The van der Waals surface area contributed by atoms with Crippen molar-refractivity contribution in [3.05, 3.63) is 65.7 Å². The van der Waals surface area contributed by atoms with E-state index in [4.69, 9.17) is 5.73 Å². The third-order valence-corrected chi connectivity index (χ3v) is 4.80. The number of likely N-dealkylation sites (tertiary alicyclic amines) is 1. The summed E-state index contributed by atoms with van der Waals surface area (Å²) in [6, 6.07) is 17.6. The maximum Gasteiger partial charge on any atom is 0.319 e. The van der Waals surface area contributed by atoms with E-state index in [1.807, 2.05) is 18.2 Å². The lowest BCUT2D eigenvalue weighted by atomic mass is 10.0. The molecule has 1 saturated heterocycles. The van der Waals surface area contributed by atoms with Crippen LogP contribution in [-0.2, 0) is 17.8 Å². The minimum absolute atomic E-state index is 0.105.